The van der Waals surface area contributed by atoms with E-state index in [4.69, 9.17) is 0 Å². The van der Waals surface area contributed by atoms with Gasteiger partial charge in [-0.1, -0.05) is 28.1 Å². The molecule has 0 bridgehead atoms. The van der Waals surface area contributed by atoms with Crippen LogP contribution >= 0.6 is 15.9 Å². The molecule has 24 heavy (non-hydrogen) atoms. The van der Waals surface area contributed by atoms with Gasteiger partial charge in [0.2, 0.25) is 0 Å². The van der Waals surface area contributed by atoms with Crippen molar-refractivity contribution in [1.82, 2.24) is 9.88 Å². The molecule has 2 heterocycles. The van der Waals surface area contributed by atoms with Gasteiger partial charge in [-0.2, -0.15) is 0 Å². The largest absolute Gasteiger partial charge is 0.354 e. The molecule has 0 saturated carbocycles. The quantitative estimate of drug-likeness (QED) is 0.782. The topological polar surface area (TPSA) is 53.2 Å². The smallest absolute Gasteiger partial charge is 0.271 e. The number of likely N-dealkylation sites (tertiary alicyclic amines) is 1. The number of hydrogen-bond donors (Lipinski definition) is 1. The number of aryl methyl sites for hydroxylation is 1. The molecule has 126 valence electrons. The standard InChI is InChI=1S/C19H21BrN2O2/c1-11-17(13(3)23)12(2)21-18(11)19(24)22-9-5-8-16(22)14-6-4-7-15(20)10-14/h4,6-7,10,16,21H,5,8-9H2,1-3H3/t16-/m1/s1. The summed E-state index contributed by atoms with van der Waals surface area (Å²) in [7, 11) is 0. The van der Waals surface area contributed by atoms with Gasteiger partial charge in [-0.25, -0.2) is 0 Å². The summed E-state index contributed by atoms with van der Waals surface area (Å²) in [6.45, 7) is 5.97. The lowest BCUT2D eigenvalue weighted by Gasteiger charge is -2.25. The lowest BCUT2D eigenvalue weighted by Crippen LogP contribution is -2.31. The van der Waals surface area contributed by atoms with Gasteiger partial charge in [0.05, 0.1) is 6.04 Å². The summed E-state index contributed by atoms with van der Waals surface area (Å²) in [5.74, 6) is -0.0316. The molecule has 0 spiro atoms. The molecule has 1 N–H and O–H groups in total. The lowest BCUT2D eigenvalue weighted by molar-refractivity contribution is 0.0729. The fraction of sp³-hybridized carbons (Fsp3) is 0.368. The summed E-state index contributed by atoms with van der Waals surface area (Å²) in [6, 6.07) is 8.21. The highest BCUT2D eigenvalue weighted by Crippen LogP contribution is 2.35. The molecular weight excluding hydrogens is 368 g/mol. The molecule has 0 aliphatic carbocycles. The predicted octanol–water partition coefficient (Wildman–Crippen LogP) is 4.57. The second-order valence-electron chi connectivity index (χ2n) is 6.39. The van der Waals surface area contributed by atoms with Gasteiger partial charge in [0.1, 0.15) is 5.69 Å². The number of ketones is 1. The van der Waals surface area contributed by atoms with Gasteiger partial charge in [-0.15, -0.1) is 0 Å². The van der Waals surface area contributed by atoms with Crippen LogP contribution in [0.3, 0.4) is 0 Å². The summed E-state index contributed by atoms with van der Waals surface area (Å²) < 4.78 is 1.02. The molecule has 3 rings (SSSR count). The average Bonchev–Trinajstić information content (AvgIpc) is 3.11. The van der Waals surface area contributed by atoms with Crippen LogP contribution in [0.25, 0.3) is 0 Å². The molecular formula is C19H21BrN2O2. The van der Waals surface area contributed by atoms with Crippen molar-refractivity contribution in [2.45, 2.75) is 39.7 Å². The minimum absolute atomic E-state index is 0.00902. The number of rotatable bonds is 3. The number of hydrogen-bond acceptors (Lipinski definition) is 2. The number of aromatic amines is 1. The van der Waals surface area contributed by atoms with Crippen LogP contribution in [0.15, 0.2) is 28.7 Å². The van der Waals surface area contributed by atoms with E-state index in [-0.39, 0.29) is 17.7 Å². The monoisotopic (exact) mass is 388 g/mol. The summed E-state index contributed by atoms with van der Waals surface area (Å²) in [6.07, 6.45) is 1.95. The molecule has 1 aromatic heterocycles. The first kappa shape index (κ1) is 17.0. The third kappa shape index (κ3) is 2.93. The molecule has 2 aromatic rings. The van der Waals surface area contributed by atoms with Crippen molar-refractivity contribution in [2.24, 2.45) is 0 Å². The first-order chi connectivity index (χ1) is 11.4. The Morgan fingerprint density at radius 3 is 2.67 bits per heavy atom. The van der Waals surface area contributed by atoms with E-state index in [1.807, 2.05) is 30.9 Å². The molecule has 1 aliphatic rings. The van der Waals surface area contributed by atoms with E-state index in [0.717, 1.165) is 40.7 Å². The zero-order valence-electron chi connectivity index (χ0n) is 14.1. The van der Waals surface area contributed by atoms with Gasteiger partial charge in [0, 0.05) is 22.3 Å². The molecule has 1 amide bonds. The van der Waals surface area contributed by atoms with E-state index in [0.29, 0.717) is 11.3 Å². The van der Waals surface area contributed by atoms with Gasteiger partial charge >= 0.3 is 0 Å². The maximum absolute atomic E-state index is 13.1. The number of halogens is 1. The number of aromatic nitrogens is 1. The lowest BCUT2D eigenvalue weighted by atomic mass is 10.0. The number of benzene rings is 1. The van der Waals surface area contributed by atoms with Crippen molar-refractivity contribution >= 4 is 27.6 Å². The normalized spacial score (nSPS) is 17.3. The van der Waals surface area contributed by atoms with Crippen molar-refractivity contribution < 1.29 is 9.59 Å². The highest BCUT2D eigenvalue weighted by Gasteiger charge is 2.33. The molecule has 1 aliphatic heterocycles. The molecule has 1 fully saturated rings. The van der Waals surface area contributed by atoms with Crippen LogP contribution in [0.2, 0.25) is 0 Å². The molecule has 1 atom stereocenters. The Hall–Kier alpha value is -1.88. The second kappa shape index (κ2) is 6.55. The van der Waals surface area contributed by atoms with Crippen LogP contribution in [-0.4, -0.2) is 28.1 Å². The van der Waals surface area contributed by atoms with Crippen molar-refractivity contribution in [3.8, 4) is 0 Å². The molecule has 5 heteroatoms. The van der Waals surface area contributed by atoms with E-state index >= 15 is 0 Å². The Balaban J connectivity index is 1.95. The molecule has 0 unspecified atom stereocenters. The number of H-pyrrole nitrogens is 1. The minimum Gasteiger partial charge on any atom is -0.354 e. The fourth-order valence-electron chi connectivity index (χ4n) is 3.71. The Morgan fingerprint density at radius 2 is 2.04 bits per heavy atom. The first-order valence-electron chi connectivity index (χ1n) is 8.16. The first-order valence-corrected chi connectivity index (χ1v) is 8.96. The third-order valence-corrected chi connectivity index (χ3v) is 5.24. The van der Waals surface area contributed by atoms with Crippen LogP contribution in [0.1, 0.15) is 63.5 Å². The van der Waals surface area contributed by atoms with Crippen LogP contribution in [0.4, 0.5) is 0 Å². The third-order valence-electron chi connectivity index (χ3n) is 4.75. The number of nitrogens with zero attached hydrogens (tertiary/aromatic N) is 1. The average molecular weight is 389 g/mol. The maximum Gasteiger partial charge on any atom is 0.271 e. The van der Waals surface area contributed by atoms with E-state index in [9.17, 15) is 9.59 Å². The van der Waals surface area contributed by atoms with E-state index in [2.05, 4.69) is 33.0 Å². The molecule has 1 saturated heterocycles. The van der Waals surface area contributed by atoms with E-state index in [1.54, 1.807) is 0 Å². The summed E-state index contributed by atoms with van der Waals surface area (Å²) in [4.78, 5) is 30.0. The van der Waals surface area contributed by atoms with Crippen molar-refractivity contribution in [1.29, 1.82) is 0 Å². The Labute approximate surface area is 150 Å². The zero-order chi connectivity index (χ0) is 17.4. The van der Waals surface area contributed by atoms with Crippen molar-refractivity contribution in [2.75, 3.05) is 6.54 Å². The summed E-state index contributed by atoms with van der Waals surface area (Å²) in [5.41, 5.74) is 3.84. The zero-order valence-corrected chi connectivity index (χ0v) is 15.7. The number of amides is 1. The number of Topliss-reactive ketones (excluding diaryl/α,β-unsaturated/α-hetero) is 1. The van der Waals surface area contributed by atoms with Crippen LogP contribution in [0.5, 0.6) is 0 Å². The number of carbonyl (C=O) groups is 2. The van der Waals surface area contributed by atoms with Crippen LogP contribution < -0.4 is 0 Å². The van der Waals surface area contributed by atoms with Gasteiger partial charge in [0.15, 0.2) is 5.78 Å². The number of nitrogens with one attached hydrogen (secondary N) is 1. The number of carbonyl (C=O) groups excluding carboxylic acids is 2. The SMILES string of the molecule is CC(=O)c1c(C)[nH]c(C(=O)N2CCC[C@@H]2c2cccc(Br)c2)c1C. The summed E-state index contributed by atoms with van der Waals surface area (Å²) >= 11 is 3.50. The Bertz CT molecular complexity index is 810. The molecule has 4 nitrogen and oxygen atoms in total. The highest BCUT2D eigenvalue weighted by atomic mass is 79.9. The van der Waals surface area contributed by atoms with Crippen LogP contribution in [-0.2, 0) is 0 Å². The van der Waals surface area contributed by atoms with Gasteiger partial charge in [0.25, 0.3) is 5.91 Å². The second-order valence-corrected chi connectivity index (χ2v) is 7.31. The van der Waals surface area contributed by atoms with Crippen molar-refractivity contribution in [3.63, 3.8) is 0 Å². The maximum atomic E-state index is 13.1. The fourth-order valence-corrected chi connectivity index (χ4v) is 4.12. The van der Waals surface area contributed by atoms with E-state index < -0.39 is 0 Å². The van der Waals surface area contributed by atoms with Gasteiger partial charge < -0.3 is 9.88 Å². The van der Waals surface area contributed by atoms with Crippen LogP contribution in [0, 0.1) is 13.8 Å². The molecule has 1 aromatic carbocycles. The van der Waals surface area contributed by atoms with Crippen molar-refractivity contribution in [3.05, 3.63) is 56.8 Å². The molecule has 0 radical (unpaired) electrons. The predicted molar refractivity (Wildman–Crippen MR) is 97.4 cm³/mol. The van der Waals surface area contributed by atoms with E-state index in [1.165, 1.54) is 6.92 Å². The van der Waals surface area contributed by atoms with Gasteiger partial charge in [-0.3, -0.25) is 9.59 Å². The summed E-state index contributed by atoms with van der Waals surface area (Å²) in [5, 5.41) is 0. The Kier molecular flexibility index (Phi) is 4.63. The highest BCUT2D eigenvalue weighted by molar-refractivity contribution is 9.10. The van der Waals surface area contributed by atoms with Gasteiger partial charge in [-0.05, 0) is 56.9 Å². The Morgan fingerprint density at radius 1 is 1.29 bits per heavy atom. The minimum atomic E-state index is -0.0226.